The Morgan fingerprint density at radius 2 is 2.00 bits per heavy atom. The molecule has 0 aromatic rings. The number of hydrogen-bond acceptors (Lipinski definition) is 1. The summed E-state index contributed by atoms with van der Waals surface area (Å²) < 4.78 is 0. The van der Waals surface area contributed by atoms with Crippen molar-refractivity contribution in [2.75, 3.05) is 6.54 Å². The smallest absolute Gasteiger partial charge is 0.0417 e. The van der Waals surface area contributed by atoms with Crippen molar-refractivity contribution < 1.29 is 0 Å². The first-order valence-electron chi connectivity index (χ1n) is 4.45. The number of rotatable bonds is 0. The second-order valence-electron chi connectivity index (χ2n) is 4.17. The minimum Gasteiger partial charge on any atom is -0.294 e. The summed E-state index contributed by atoms with van der Waals surface area (Å²) in [7, 11) is 0. The van der Waals surface area contributed by atoms with Crippen LogP contribution >= 0.6 is 0 Å². The van der Waals surface area contributed by atoms with E-state index in [9.17, 15) is 0 Å². The second kappa shape index (κ2) is 1.63. The molecule has 3 aliphatic rings. The Bertz CT molecular complexity index is 195. The summed E-state index contributed by atoms with van der Waals surface area (Å²) in [5, 5.41) is 0. The second-order valence-corrected chi connectivity index (χ2v) is 4.17. The van der Waals surface area contributed by atoms with E-state index in [0.717, 1.165) is 17.8 Å². The Hall–Kier alpha value is -0.330. The Kier molecular flexibility index (Phi) is 0.872. The minimum absolute atomic E-state index is 0.942. The van der Waals surface area contributed by atoms with Crippen molar-refractivity contribution in [2.45, 2.75) is 25.7 Å². The van der Waals surface area contributed by atoms with Gasteiger partial charge in [0.1, 0.15) is 0 Å². The lowest BCUT2D eigenvalue weighted by Crippen LogP contribution is -2.23. The normalized spacial score (nSPS) is 49.6. The van der Waals surface area contributed by atoms with Crippen LogP contribution < -0.4 is 0 Å². The van der Waals surface area contributed by atoms with E-state index in [2.05, 4.69) is 4.99 Å². The molecule has 0 N–H and O–H groups in total. The highest BCUT2D eigenvalue weighted by Crippen LogP contribution is 2.45. The van der Waals surface area contributed by atoms with E-state index in [1.165, 1.54) is 32.2 Å². The summed E-state index contributed by atoms with van der Waals surface area (Å²) in [6.07, 6.45) is 5.81. The molecule has 3 unspecified atom stereocenters. The van der Waals surface area contributed by atoms with Crippen LogP contribution in [0.2, 0.25) is 0 Å². The van der Waals surface area contributed by atoms with Gasteiger partial charge in [0.2, 0.25) is 0 Å². The summed E-state index contributed by atoms with van der Waals surface area (Å²) >= 11 is 0. The van der Waals surface area contributed by atoms with Gasteiger partial charge in [-0.3, -0.25) is 4.99 Å². The molecule has 54 valence electrons. The molecule has 0 aromatic heterocycles. The Morgan fingerprint density at radius 1 is 1.10 bits per heavy atom. The van der Waals surface area contributed by atoms with Crippen molar-refractivity contribution >= 4 is 5.71 Å². The molecule has 0 amide bonds. The molecule has 2 aliphatic carbocycles. The van der Waals surface area contributed by atoms with Crippen LogP contribution in [0.3, 0.4) is 0 Å². The molecule has 1 nitrogen and oxygen atoms in total. The van der Waals surface area contributed by atoms with Crippen molar-refractivity contribution in [3.8, 4) is 0 Å². The van der Waals surface area contributed by atoms with Gasteiger partial charge in [0.05, 0.1) is 0 Å². The van der Waals surface area contributed by atoms with Crippen molar-refractivity contribution in [3.63, 3.8) is 0 Å². The predicted molar refractivity (Wildman–Crippen MR) is 41.2 cm³/mol. The first-order chi connectivity index (χ1) is 4.92. The van der Waals surface area contributed by atoms with Crippen LogP contribution in [0.4, 0.5) is 0 Å². The van der Waals surface area contributed by atoms with E-state index < -0.39 is 0 Å². The van der Waals surface area contributed by atoms with Crippen molar-refractivity contribution in [1.29, 1.82) is 0 Å². The van der Waals surface area contributed by atoms with Crippen LogP contribution in [-0.4, -0.2) is 12.3 Å². The summed E-state index contributed by atoms with van der Waals surface area (Å²) in [5.74, 6) is 2.97. The lowest BCUT2D eigenvalue weighted by Gasteiger charge is -2.28. The van der Waals surface area contributed by atoms with Crippen molar-refractivity contribution in [3.05, 3.63) is 0 Å². The van der Waals surface area contributed by atoms with Crippen LogP contribution in [-0.2, 0) is 0 Å². The average Bonchev–Trinajstić information content (AvgIpc) is 2.11. The molecule has 3 bridgehead atoms. The zero-order chi connectivity index (χ0) is 6.55. The number of aliphatic imine (C=N–C) groups is 1. The quantitative estimate of drug-likeness (QED) is 0.481. The highest BCUT2D eigenvalue weighted by atomic mass is 14.8. The maximum Gasteiger partial charge on any atom is 0.0417 e. The van der Waals surface area contributed by atoms with E-state index >= 15 is 0 Å². The van der Waals surface area contributed by atoms with E-state index in [4.69, 9.17) is 0 Å². The van der Waals surface area contributed by atoms with Gasteiger partial charge >= 0.3 is 0 Å². The van der Waals surface area contributed by atoms with Crippen molar-refractivity contribution in [2.24, 2.45) is 22.7 Å². The zero-order valence-electron chi connectivity index (χ0n) is 6.21. The van der Waals surface area contributed by atoms with Crippen LogP contribution in [0, 0.1) is 17.8 Å². The third kappa shape index (κ3) is 0.561. The monoisotopic (exact) mass is 135 g/mol. The third-order valence-electron chi connectivity index (χ3n) is 3.42. The largest absolute Gasteiger partial charge is 0.294 e. The molecule has 10 heavy (non-hydrogen) atoms. The summed E-state index contributed by atoms with van der Waals surface area (Å²) in [4.78, 5) is 4.63. The third-order valence-corrected chi connectivity index (χ3v) is 3.42. The summed E-state index contributed by atoms with van der Waals surface area (Å²) in [6, 6.07) is 0. The van der Waals surface area contributed by atoms with Gasteiger partial charge in [-0.15, -0.1) is 0 Å². The van der Waals surface area contributed by atoms with Gasteiger partial charge in [0.25, 0.3) is 0 Å². The van der Waals surface area contributed by atoms with E-state index in [1.807, 2.05) is 0 Å². The van der Waals surface area contributed by atoms with E-state index in [1.54, 1.807) is 5.71 Å². The molecule has 1 heteroatoms. The SMILES string of the molecule is C1N=C2CC3CC1CC2C3. The molecule has 1 heterocycles. The van der Waals surface area contributed by atoms with Gasteiger partial charge < -0.3 is 0 Å². The maximum absolute atomic E-state index is 4.63. The number of hydrogen-bond donors (Lipinski definition) is 0. The molecule has 3 rings (SSSR count). The first-order valence-corrected chi connectivity index (χ1v) is 4.45. The molecule has 2 fully saturated rings. The molecular weight excluding hydrogens is 122 g/mol. The fourth-order valence-electron chi connectivity index (χ4n) is 3.06. The maximum atomic E-state index is 4.63. The standard InChI is InChI=1S/C9H13N/c1-6-2-8-3-7(1)5-10-9(8)4-6/h6-8H,1-5H2. The van der Waals surface area contributed by atoms with Gasteiger partial charge in [0, 0.05) is 12.3 Å². The highest BCUT2D eigenvalue weighted by Gasteiger charge is 2.40. The lowest BCUT2D eigenvalue weighted by molar-refractivity contribution is 0.271. The van der Waals surface area contributed by atoms with E-state index in [-0.39, 0.29) is 0 Å². The Balaban J connectivity index is 2.06. The minimum atomic E-state index is 0.942. The van der Waals surface area contributed by atoms with Gasteiger partial charge in [-0.25, -0.2) is 0 Å². The zero-order valence-corrected chi connectivity index (χ0v) is 6.21. The molecule has 0 aromatic carbocycles. The number of nitrogens with zero attached hydrogens (tertiary/aromatic N) is 1. The van der Waals surface area contributed by atoms with Crippen LogP contribution in [0.1, 0.15) is 25.7 Å². The topological polar surface area (TPSA) is 12.4 Å². The molecule has 1 aliphatic heterocycles. The summed E-state index contributed by atoms with van der Waals surface area (Å²) in [5.41, 5.74) is 1.58. The van der Waals surface area contributed by atoms with E-state index in [0.29, 0.717) is 0 Å². The van der Waals surface area contributed by atoms with Crippen LogP contribution in [0.25, 0.3) is 0 Å². The van der Waals surface area contributed by atoms with Crippen LogP contribution in [0.5, 0.6) is 0 Å². The predicted octanol–water partition coefficient (Wildman–Crippen LogP) is 1.88. The van der Waals surface area contributed by atoms with Gasteiger partial charge in [-0.1, -0.05) is 0 Å². The summed E-state index contributed by atoms with van der Waals surface area (Å²) in [6.45, 7) is 1.17. The van der Waals surface area contributed by atoms with Gasteiger partial charge in [-0.05, 0) is 43.4 Å². The van der Waals surface area contributed by atoms with Gasteiger partial charge in [-0.2, -0.15) is 0 Å². The fourth-order valence-corrected chi connectivity index (χ4v) is 3.06. The Morgan fingerprint density at radius 3 is 3.00 bits per heavy atom. The highest BCUT2D eigenvalue weighted by molar-refractivity contribution is 5.89. The number of fused-ring (bicyclic) bond motifs is 2. The molecular formula is C9H13N. The molecule has 0 saturated heterocycles. The van der Waals surface area contributed by atoms with Crippen LogP contribution in [0.15, 0.2) is 4.99 Å². The molecule has 0 radical (unpaired) electrons. The molecule has 0 spiro atoms. The van der Waals surface area contributed by atoms with Crippen molar-refractivity contribution in [1.82, 2.24) is 0 Å². The Labute approximate surface area is 61.5 Å². The average molecular weight is 135 g/mol. The fraction of sp³-hybridized carbons (Fsp3) is 0.889. The van der Waals surface area contributed by atoms with Gasteiger partial charge in [0.15, 0.2) is 0 Å². The molecule has 2 saturated carbocycles. The first kappa shape index (κ1) is 5.34. The lowest BCUT2D eigenvalue weighted by atomic mass is 9.80. The molecule has 3 atom stereocenters.